The van der Waals surface area contributed by atoms with Gasteiger partial charge in [-0.15, -0.1) is 0 Å². The summed E-state index contributed by atoms with van der Waals surface area (Å²) in [4.78, 5) is 49.9. The number of benzene rings is 1. The number of esters is 1. The van der Waals surface area contributed by atoms with Crippen molar-refractivity contribution in [1.29, 1.82) is 0 Å². The molecule has 4 amide bonds. The summed E-state index contributed by atoms with van der Waals surface area (Å²) in [7, 11) is 0. The average Bonchev–Trinajstić information content (AvgIpc) is 2.92. The maximum absolute atomic E-state index is 12.7. The number of imide groups is 1. The Morgan fingerprint density at radius 1 is 1.17 bits per heavy atom. The number of ether oxygens (including phenoxy) is 1. The minimum atomic E-state index is -0.801. The van der Waals surface area contributed by atoms with Gasteiger partial charge in [-0.25, -0.2) is 4.79 Å². The van der Waals surface area contributed by atoms with Gasteiger partial charge in [0.2, 0.25) is 0 Å². The van der Waals surface area contributed by atoms with E-state index >= 15 is 0 Å². The first-order chi connectivity index (χ1) is 13.8. The zero-order valence-electron chi connectivity index (χ0n) is 16.9. The lowest BCUT2D eigenvalue weighted by Gasteiger charge is -2.30. The quantitative estimate of drug-likeness (QED) is 0.563. The van der Waals surface area contributed by atoms with Crippen LogP contribution < -0.4 is 10.6 Å². The molecule has 1 heterocycles. The number of nitrogens with one attached hydrogen (secondary N) is 2. The first-order valence-corrected chi connectivity index (χ1v) is 9.98. The minimum Gasteiger partial charge on any atom is -0.456 e. The van der Waals surface area contributed by atoms with Gasteiger partial charge in [0, 0.05) is 12.2 Å². The molecule has 2 fully saturated rings. The number of amides is 4. The van der Waals surface area contributed by atoms with Crippen molar-refractivity contribution in [3.63, 3.8) is 0 Å². The molecule has 1 aliphatic heterocycles. The van der Waals surface area contributed by atoms with Crippen molar-refractivity contribution in [3.05, 3.63) is 29.3 Å². The molecule has 1 spiro atoms. The Hall–Kier alpha value is -2.90. The molecule has 1 saturated heterocycles. The number of hydrogen-bond donors (Lipinski definition) is 2. The third kappa shape index (κ3) is 4.58. The van der Waals surface area contributed by atoms with E-state index in [1.54, 1.807) is 6.07 Å². The van der Waals surface area contributed by atoms with Gasteiger partial charge < -0.3 is 15.4 Å². The first kappa shape index (κ1) is 20.8. The van der Waals surface area contributed by atoms with Crippen molar-refractivity contribution in [2.45, 2.75) is 57.9 Å². The molecule has 1 aromatic carbocycles. The molecular weight excluding hydrogens is 374 g/mol. The molecule has 3 rings (SSSR count). The highest BCUT2D eigenvalue weighted by atomic mass is 16.5. The fourth-order valence-corrected chi connectivity index (χ4v) is 3.87. The van der Waals surface area contributed by atoms with Crippen LogP contribution in [-0.4, -0.2) is 47.4 Å². The molecule has 1 aromatic rings. The molecule has 0 aromatic heterocycles. The average molecular weight is 401 g/mol. The summed E-state index contributed by atoms with van der Waals surface area (Å²) in [5, 5.41) is 5.51. The van der Waals surface area contributed by atoms with Crippen LogP contribution in [0.3, 0.4) is 0 Å². The summed E-state index contributed by atoms with van der Waals surface area (Å²) in [6.07, 6.45) is 3.98. The van der Waals surface area contributed by atoms with E-state index in [1.807, 2.05) is 26.0 Å². The fraction of sp³-hybridized carbons (Fsp3) is 0.524. The Morgan fingerprint density at radius 3 is 2.62 bits per heavy atom. The van der Waals surface area contributed by atoms with Crippen LogP contribution in [0.15, 0.2) is 18.2 Å². The number of urea groups is 1. The van der Waals surface area contributed by atoms with Crippen LogP contribution in [0.1, 0.15) is 49.7 Å². The van der Waals surface area contributed by atoms with Gasteiger partial charge in [0.05, 0.1) is 6.42 Å². The fourth-order valence-electron chi connectivity index (χ4n) is 3.87. The lowest BCUT2D eigenvalue weighted by molar-refractivity contribution is -0.147. The van der Waals surface area contributed by atoms with Gasteiger partial charge in [0.25, 0.3) is 11.8 Å². The molecule has 0 unspecified atom stereocenters. The van der Waals surface area contributed by atoms with E-state index in [-0.39, 0.29) is 18.9 Å². The molecule has 8 heteroatoms. The second-order valence-corrected chi connectivity index (χ2v) is 7.74. The molecule has 8 nitrogen and oxygen atoms in total. The maximum atomic E-state index is 12.7. The van der Waals surface area contributed by atoms with Crippen molar-refractivity contribution < 1.29 is 23.9 Å². The number of aryl methyl sites for hydroxylation is 1. The highest BCUT2D eigenvalue weighted by molar-refractivity contribution is 6.07. The predicted octanol–water partition coefficient (Wildman–Crippen LogP) is 2.43. The van der Waals surface area contributed by atoms with Crippen LogP contribution in [0.25, 0.3) is 0 Å². The second kappa shape index (κ2) is 8.63. The third-order valence-corrected chi connectivity index (χ3v) is 5.74. The standard InChI is InChI=1S/C21H27N3O5/c1-14-7-6-8-16(15(14)2)22-17(25)13-29-18(26)9-12-24-19(27)21(23-20(24)28)10-4-3-5-11-21/h6-8H,3-5,9-13H2,1-2H3,(H,22,25)(H,23,28). The summed E-state index contributed by atoms with van der Waals surface area (Å²) in [6.45, 7) is 3.37. The first-order valence-electron chi connectivity index (χ1n) is 9.98. The Bertz CT molecular complexity index is 830. The van der Waals surface area contributed by atoms with E-state index < -0.39 is 30.1 Å². The molecule has 29 heavy (non-hydrogen) atoms. The van der Waals surface area contributed by atoms with Crippen molar-refractivity contribution in [3.8, 4) is 0 Å². The molecule has 0 atom stereocenters. The Kier molecular flexibility index (Phi) is 6.20. The molecule has 2 N–H and O–H groups in total. The zero-order valence-corrected chi connectivity index (χ0v) is 16.9. The van der Waals surface area contributed by atoms with Crippen LogP contribution in [0.4, 0.5) is 10.5 Å². The Labute approximate surface area is 170 Å². The van der Waals surface area contributed by atoms with Crippen LogP contribution in [0.5, 0.6) is 0 Å². The molecule has 2 aliphatic rings. The van der Waals surface area contributed by atoms with Gasteiger partial charge in [-0.3, -0.25) is 19.3 Å². The number of hydrogen-bond acceptors (Lipinski definition) is 5. The third-order valence-electron chi connectivity index (χ3n) is 5.74. The monoisotopic (exact) mass is 401 g/mol. The Balaban J connectivity index is 1.45. The number of carbonyl (C=O) groups is 4. The topological polar surface area (TPSA) is 105 Å². The summed E-state index contributed by atoms with van der Waals surface area (Å²) in [5.41, 5.74) is 1.86. The number of carbonyl (C=O) groups excluding carboxylic acids is 4. The summed E-state index contributed by atoms with van der Waals surface area (Å²) in [6, 6.07) is 5.09. The molecule has 156 valence electrons. The van der Waals surface area contributed by atoms with Crippen LogP contribution in [0.2, 0.25) is 0 Å². The molecule has 1 saturated carbocycles. The molecule has 0 bridgehead atoms. The molecule has 1 aliphatic carbocycles. The van der Waals surface area contributed by atoms with E-state index in [4.69, 9.17) is 4.74 Å². The SMILES string of the molecule is Cc1cccc(NC(=O)COC(=O)CCN2C(=O)NC3(CCCCC3)C2=O)c1C. The van der Waals surface area contributed by atoms with Gasteiger partial charge in [0.15, 0.2) is 6.61 Å². The minimum absolute atomic E-state index is 0.0517. The normalized spacial score (nSPS) is 17.9. The zero-order chi connectivity index (χ0) is 21.0. The van der Waals surface area contributed by atoms with Gasteiger partial charge >= 0.3 is 12.0 Å². The number of rotatable bonds is 6. The van der Waals surface area contributed by atoms with Crippen LogP contribution >= 0.6 is 0 Å². The van der Waals surface area contributed by atoms with E-state index in [1.165, 1.54) is 0 Å². The Morgan fingerprint density at radius 2 is 1.90 bits per heavy atom. The van der Waals surface area contributed by atoms with E-state index in [9.17, 15) is 19.2 Å². The summed E-state index contributed by atoms with van der Waals surface area (Å²) < 4.78 is 4.99. The maximum Gasteiger partial charge on any atom is 0.325 e. The van der Waals surface area contributed by atoms with Crippen LogP contribution in [-0.2, 0) is 19.1 Å². The lowest BCUT2D eigenvalue weighted by atomic mass is 9.82. The highest BCUT2D eigenvalue weighted by Crippen LogP contribution is 2.33. The van der Waals surface area contributed by atoms with Crippen molar-refractivity contribution in [2.24, 2.45) is 0 Å². The van der Waals surface area contributed by atoms with Gasteiger partial charge in [-0.1, -0.05) is 31.4 Å². The highest BCUT2D eigenvalue weighted by Gasteiger charge is 2.51. The largest absolute Gasteiger partial charge is 0.456 e. The predicted molar refractivity (Wildman–Crippen MR) is 106 cm³/mol. The van der Waals surface area contributed by atoms with Crippen LogP contribution in [0, 0.1) is 13.8 Å². The van der Waals surface area contributed by atoms with E-state index in [2.05, 4.69) is 10.6 Å². The van der Waals surface area contributed by atoms with Crippen molar-refractivity contribution in [2.75, 3.05) is 18.5 Å². The molecular formula is C21H27N3O5. The number of anilines is 1. The van der Waals surface area contributed by atoms with E-state index in [0.29, 0.717) is 18.5 Å². The summed E-state index contributed by atoms with van der Waals surface area (Å²) >= 11 is 0. The van der Waals surface area contributed by atoms with Crippen molar-refractivity contribution >= 4 is 29.5 Å². The summed E-state index contributed by atoms with van der Waals surface area (Å²) in [5.74, 6) is -1.34. The number of nitrogens with zero attached hydrogens (tertiary/aromatic N) is 1. The second-order valence-electron chi connectivity index (χ2n) is 7.74. The molecule has 0 radical (unpaired) electrons. The van der Waals surface area contributed by atoms with Gasteiger partial charge in [-0.2, -0.15) is 0 Å². The smallest absolute Gasteiger partial charge is 0.325 e. The van der Waals surface area contributed by atoms with E-state index in [0.717, 1.165) is 35.3 Å². The van der Waals surface area contributed by atoms with Crippen molar-refractivity contribution in [1.82, 2.24) is 10.2 Å². The van der Waals surface area contributed by atoms with Gasteiger partial charge in [0.1, 0.15) is 5.54 Å². The lowest BCUT2D eigenvalue weighted by Crippen LogP contribution is -2.48. The van der Waals surface area contributed by atoms with Gasteiger partial charge in [-0.05, 0) is 43.9 Å².